The van der Waals surface area contributed by atoms with Crippen LogP contribution in [-0.4, -0.2) is 80.6 Å². The molecule has 3 amide bonds. The van der Waals surface area contributed by atoms with E-state index in [4.69, 9.17) is 9.47 Å². The number of imide groups is 1. The van der Waals surface area contributed by atoms with Gasteiger partial charge in [-0.3, -0.25) is 30.1 Å². The predicted molar refractivity (Wildman–Crippen MR) is 126 cm³/mol. The molecule has 9 nitrogen and oxygen atoms in total. The van der Waals surface area contributed by atoms with Crippen molar-refractivity contribution in [2.24, 2.45) is 5.92 Å². The van der Waals surface area contributed by atoms with E-state index in [0.29, 0.717) is 29.8 Å². The Hall–Kier alpha value is -2.49. The number of nitrogens with one attached hydrogen (secondary N) is 2. The SMILES string of the molecule is COCCN1C(=O)CC(CC(=O)N(C)CC2NNC3CCCCC32)(c2ccccc2OC)C1=O. The Bertz CT molecular complexity index is 924. The molecule has 2 aliphatic heterocycles. The van der Waals surface area contributed by atoms with Crippen LogP contribution in [0.3, 0.4) is 0 Å². The van der Waals surface area contributed by atoms with Crippen LogP contribution in [0.1, 0.15) is 44.1 Å². The molecule has 1 aliphatic carbocycles. The largest absolute Gasteiger partial charge is 0.496 e. The lowest BCUT2D eigenvalue weighted by Crippen LogP contribution is -2.47. The first-order valence-corrected chi connectivity index (χ1v) is 12.1. The van der Waals surface area contributed by atoms with E-state index >= 15 is 0 Å². The summed E-state index contributed by atoms with van der Waals surface area (Å²) in [4.78, 5) is 43.1. The van der Waals surface area contributed by atoms with Crippen LogP contribution in [0.2, 0.25) is 0 Å². The van der Waals surface area contributed by atoms with Crippen molar-refractivity contribution < 1.29 is 23.9 Å². The van der Waals surface area contributed by atoms with E-state index in [1.807, 2.05) is 6.07 Å². The van der Waals surface area contributed by atoms with Gasteiger partial charge >= 0.3 is 0 Å². The number of para-hydroxylation sites is 1. The molecular weight excluding hydrogens is 436 g/mol. The van der Waals surface area contributed by atoms with Crippen molar-refractivity contribution in [1.82, 2.24) is 20.7 Å². The smallest absolute Gasteiger partial charge is 0.241 e. The number of likely N-dealkylation sites (tertiary alicyclic amines) is 1. The molecule has 0 spiro atoms. The van der Waals surface area contributed by atoms with E-state index in [0.717, 1.165) is 12.8 Å². The summed E-state index contributed by atoms with van der Waals surface area (Å²) < 4.78 is 10.6. The van der Waals surface area contributed by atoms with Crippen molar-refractivity contribution in [2.75, 3.05) is 41.0 Å². The molecule has 9 heteroatoms. The third kappa shape index (κ3) is 4.56. The van der Waals surface area contributed by atoms with Crippen molar-refractivity contribution in [3.8, 4) is 5.75 Å². The number of carbonyl (C=O) groups is 3. The number of amides is 3. The summed E-state index contributed by atoms with van der Waals surface area (Å²) in [5, 5.41) is 0. The zero-order valence-corrected chi connectivity index (χ0v) is 20.3. The van der Waals surface area contributed by atoms with Crippen molar-refractivity contribution in [3.05, 3.63) is 29.8 Å². The van der Waals surface area contributed by atoms with Gasteiger partial charge < -0.3 is 14.4 Å². The standard InChI is InChI=1S/C25H36N4O5/c1-28(16-20-17-8-4-6-10-19(17)26-27-20)22(30)14-25(18-9-5-7-11-21(18)34-3)15-23(31)29(24(25)32)12-13-33-2/h5,7,9,11,17,19-20,26-27H,4,6,8,10,12-16H2,1-3H3. The maximum atomic E-state index is 13.7. The van der Waals surface area contributed by atoms with Gasteiger partial charge in [0.1, 0.15) is 5.75 Å². The van der Waals surface area contributed by atoms with E-state index in [1.54, 1.807) is 30.1 Å². The van der Waals surface area contributed by atoms with Gasteiger partial charge in [0.05, 0.1) is 25.7 Å². The van der Waals surface area contributed by atoms with E-state index in [-0.39, 0.29) is 49.8 Å². The highest BCUT2D eigenvalue weighted by Crippen LogP contribution is 2.44. The monoisotopic (exact) mass is 472 g/mol. The summed E-state index contributed by atoms with van der Waals surface area (Å²) in [5.74, 6) is 0.163. The van der Waals surface area contributed by atoms with Gasteiger partial charge in [0.25, 0.3) is 0 Å². The zero-order valence-electron chi connectivity index (χ0n) is 20.3. The lowest BCUT2D eigenvalue weighted by Gasteiger charge is -2.32. The Morgan fingerprint density at radius 1 is 1.18 bits per heavy atom. The molecule has 2 saturated heterocycles. The van der Waals surface area contributed by atoms with Gasteiger partial charge in [0.15, 0.2) is 0 Å². The molecular formula is C25H36N4O5. The Morgan fingerprint density at radius 2 is 1.94 bits per heavy atom. The van der Waals surface area contributed by atoms with E-state index in [9.17, 15) is 14.4 Å². The highest BCUT2D eigenvalue weighted by molar-refractivity contribution is 6.11. The molecule has 4 unspecified atom stereocenters. The second-order valence-electron chi connectivity index (χ2n) is 9.70. The molecule has 2 heterocycles. The predicted octanol–water partition coefficient (Wildman–Crippen LogP) is 1.22. The van der Waals surface area contributed by atoms with Crippen LogP contribution in [0.5, 0.6) is 5.75 Å². The van der Waals surface area contributed by atoms with Crippen LogP contribution in [0.4, 0.5) is 0 Å². The summed E-state index contributed by atoms with van der Waals surface area (Å²) in [6.07, 6.45) is 4.58. The number of benzene rings is 1. The number of hydrazine groups is 1. The van der Waals surface area contributed by atoms with E-state index in [1.165, 1.54) is 32.0 Å². The second kappa shape index (κ2) is 10.4. The lowest BCUT2D eigenvalue weighted by molar-refractivity contribution is -0.143. The van der Waals surface area contributed by atoms with Gasteiger partial charge in [-0.05, 0) is 24.8 Å². The number of hydrogen-bond acceptors (Lipinski definition) is 7. The number of likely N-dealkylation sites (N-methyl/N-ethyl adjacent to an activating group) is 1. The summed E-state index contributed by atoms with van der Waals surface area (Å²) in [7, 11) is 4.84. The molecule has 34 heavy (non-hydrogen) atoms. The van der Waals surface area contributed by atoms with Crippen LogP contribution >= 0.6 is 0 Å². The zero-order chi connectivity index (χ0) is 24.3. The number of nitrogens with zero attached hydrogens (tertiary/aromatic N) is 2. The quantitative estimate of drug-likeness (QED) is 0.522. The summed E-state index contributed by atoms with van der Waals surface area (Å²) in [5.41, 5.74) is 6.05. The molecule has 2 N–H and O–H groups in total. The van der Waals surface area contributed by atoms with Crippen molar-refractivity contribution in [2.45, 2.75) is 56.0 Å². The number of ether oxygens (including phenoxy) is 2. The van der Waals surface area contributed by atoms with E-state index < -0.39 is 5.41 Å². The highest BCUT2D eigenvalue weighted by Gasteiger charge is 2.55. The maximum absolute atomic E-state index is 13.7. The molecule has 3 aliphatic rings. The van der Waals surface area contributed by atoms with Crippen LogP contribution in [0.15, 0.2) is 24.3 Å². The van der Waals surface area contributed by atoms with Gasteiger partial charge in [-0.25, -0.2) is 0 Å². The third-order valence-electron chi connectivity index (χ3n) is 7.69. The number of hydrogen-bond donors (Lipinski definition) is 2. The Balaban J connectivity index is 1.57. The summed E-state index contributed by atoms with van der Waals surface area (Å²) >= 11 is 0. The maximum Gasteiger partial charge on any atom is 0.241 e. The van der Waals surface area contributed by atoms with Crippen LogP contribution in [-0.2, 0) is 24.5 Å². The molecule has 0 bridgehead atoms. The Kier molecular flexibility index (Phi) is 7.54. The molecule has 3 fully saturated rings. The van der Waals surface area contributed by atoms with Gasteiger partial charge in [-0.15, -0.1) is 0 Å². The highest BCUT2D eigenvalue weighted by atomic mass is 16.5. The minimum atomic E-state index is -1.29. The molecule has 4 atom stereocenters. The summed E-state index contributed by atoms with van der Waals surface area (Å²) in [6, 6.07) is 7.78. The lowest BCUT2D eigenvalue weighted by atomic mass is 9.75. The number of methoxy groups -OCH3 is 2. The molecule has 0 aromatic heterocycles. The van der Waals surface area contributed by atoms with E-state index in [2.05, 4.69) is 10.9 Å². The fraction of sp³-hybridized carbons (Fsp3) is 0.640. The molecule has 1 aromatic carbocycles. The molecule has 1 saturated carbocycles. The first kappa shape index (κ1) is 24.6. The van der Waals surface area contributed by atoms with Gasteiger partial charge in [0, 0.05) is 51.2 Å². The van der Waals surface area contributed by atoms with Gasteiger partial charge in [0.2, 0.25) is 17.7 Å². The molecule has 186 valence electrons. The summed E-state index contributed by atoms with van der Waals surface area (Å²) in [6.45, 7) is 0.955. The number of carbonyl (C=O) groups excluding carboxylic acids is 3. The minimum Gasteiger partial charge on any atom is -0.496 e. The fourth-order valence-electron chi connectivity index (χ4n) is 5.81. The van der Waals surface area contributed by atoms with Crippen LogP contribution < -0.4 is 15.6 Å². The third-order valence-corrected chi connectivity index (χ3v) is 7.69. The minimum absolute atomic E-state index is 0.0660. The van der Waals surface area contributed by atoms with Crippen molar-refractivity contribution in [3.63, 3.8) is 0 Å². The second-order valence-corrected chi connectivity index (χ2v) is 9.70. The average molecular weight is 473 g/mol. The number of fused-ring (bicyclic) bond motifs is 1. The molecule has 1 aromatic rings. The molecule has 0 radical (unpaired) electrons. The normalized spacial score (nSPS) is 28.8. The average Bonchev–Trinajstić information content (AvgIpc) is 3.36. The first-order valence-electron chi connectivity index (χ1n) is 12.1. The number of rotatable bonds is 9. The van der Waals surface area contributed by atoms with Gasteiger partial charge in [-0.2, -0.15) is 0 Å². The topological polar surface area (TPSA) is 100 Å². The Morgan fingerprint density at radius 3 is 2.71 bits per heavy atom. The van der Waals surface area contributed by atoms with Crippen molar-refractivity contribution in [1.29, 1.82) is 0 Å². The Labute approximate surface area is 201 Å². The van der Waals surface area contributed by atoms with Crippen molar-refractivity contribution >= 4 is 17.7 Å². The van der Waals surface area contributed by atoms with Crippen LogP contribution in [0.25, 0.3) is 0 Å². The first-order chi connectivity index (χ1) is 16.4. The fourth-order valence-corrected chi connectivity index (χ4v) is 5.81. The van der Waals surface area contributed by atoms with Crippen LogP contribution in [0, 0.1) is 5.92 Å². The molecule has 4 rings (SSSR count). The van der Waals surface area contributed by atoms with Gasteiger partial charge in [-0.1, -0.05) is 31.0 Å².